The molecule has 0 aromatic rings. The molecule has 4 unspecified atom stereocenters. The fourth-order valence-electron chi connectivity index (χ4n) is 4.81. The molecule has 0 aliphatic carbocycles. The van der Waals surface area contributed by atoms with E-state index in [1.807, 2.05) is 6.08 Å². The lowest BCUT2D eigenvalue weighted by atomic mass is 9.99. The van der Waals surface area contributed by atoms with Crippen LogP contribution in [0.1, 0.15) is 155 Å². The van der Waals surface area contributed by atoms with Crippen molar-refractivity contribution in [3.8, 4) is 0 Å². The van der Waals surface area contributed by atoms with Crippen LogP contribution < -0.4 is 5.32 Å². The maximum absolute atomic E-state index is 12.3. The number of amides is 1. The number of aliphatic hydroxyl groups excluding tert-OH is 4. The minimum absolute atomic E-state index is 0.285. The highest BCUT2D eigenvalue weighted by Gasteiger charge is 2.28. The first kappa shape index (κ1) is 37.0. The molecule has 0 heterocycles. The number of carbonyl (C=O) groups excluding carboxylic acids is 1. The van der Waals surface area contributed by atoms with E-state index >= 15 is 0 Å². The van der Waals surface area contributed by atoms with E-state index < -0.39 is 36.9 Å². The molecule has 38 heavy (non-hydrogen) atoms. The number of unbranched alkanes of at least 4 members (excludes halogenated alkanes) is 17. The molecule has 0 spiro atoms. The van der Waals surface area contributed by atoms with E-state index in [2.05, 4.69) is 25.2 Å². The van der Waals surface area contributed by atoms with Crippen molar-refractivity contribution in [3.63, 3.8) is 0 Å². The minimum Gasteiger partial charge on any atom is -0.394 e. The third-order valence-corrected chi connectivity index (χ3v) is 7.48. The van der Waals surface area contributed by atoms with Gasteiger partial charge in [-0.1, -0.05) is 135 Å². The number of allylic oxidation sites excluding steroid dienone is 2. The molecule has 0 aliphatic heterocycles. The Morgan fingerprint density at radius 3 is 1.58 bits per heavy atom. The van der Waals surface area contributed by atoms with Crippen LogP contribution in [-0.4, -0.2) is 57.3 Å². The normalized spacial score (nSPS) is 15.0. The van der Waals surface area contributed by atoms with Gasteiger partial charge in [-0.05, 0) is 32.1 Å². The minimum atomic E-state index is -1.26. The highest BCUT2D eigenvalue weighted by Crippen LogP contribution is 2.15. The van der Waals surface area contributed by atoms with Crippen LogP contribution in [0.15, 0.2) is 12.2 Å². The summed E-state index contributed by atoms with van der Waals surface area (Å²) in [7, 11) is 0. The Kier molecular flexibility index (Phi) is 26.9. The van der Waals surface area contributed by atoms with Gasteiger partial charge in [-0.2, -0.15) is 0 Å². The average Bonchev–Trinajstić information content (AvgIpc) is 2.92. The summed E-state index contributed by atoms with van der Waals surface area (Å²) in [6.45, 7) is 3.95. The first-order chi connectivity index (χ1) is 18.5. The molecule has 0 saturated heterocycles. The van der Waals surface area contributed by atoms with Gasteiger partial charge in [0.1, 0.15) is 12.2 Å². The molecule has 4 atom stereocenters. The predicted molar refractivity (Wildman–Crippen MR) is 159 cm³/mol. The molecule has 1 amide bonds. The lowest BCUT2D eigenvalue weighted by molar-refractivity contribution is -0.132. The van der Waals surface area contributed by atoms with Crippen LogP contribution >= 0.6 is 0 Å². The smallest absolute Gasteiger partial charge is 0.249 e. The van der Waals surface area contributed by atoms with E-state index in [0.29, 0.717) is 12.8 Å². The highest BCUT2D eigenvalue weighted by molar-refractivity contribution is 5.80. The summed E-state index contributed by atoms with van der Waals surface area (Å²) in [6, 6.07) is -0.993. The van der Waals surface area contributed by atoms with Crippen LogP contribution in [0.4, 0.5) is 0 Å². The summed E-state index contributed by atoms with van der Waals surface area (Å²) in [5, 5.41) is 43.0. The molecule has 0 aromatic carbocycles. The number of aliphatic hydroxyl groups is 4. The molecule has 226 valence electrons. The largest absolute Gasteiger partial charge is 0.394 e. The van der Waals surface area contributed by atoms with Crippen LogP contribution in [0, 0.1) is 0 Å². The predicted octanol–water partition coefficient (Wildman–Crippen LogP) is 6.72. The third-order valence-electron chi connectivity index (χ3n) is 7.48. The average molecular weight is 542 g/mol. The Morgan fingerprint density at radius 2 is 1.08 bits per heavy atom. The molecule has 0 saturated carbocycles. The summed E-state index contributed by atoms with van der Waals surface area (Å²) in [5.74, 6) is -0.622. The highest BCUT2D eigenvalue weighted by atomic mass is 16.3. The van der Waals surface area contributed by atoms with Crippen molar-refractivity contribution >= 4 is 5.91 Å². The number of nitrogens with one attached hydrogen (secondary N) is 1. The zero-order valence-electron chi connectivity index (χ0n) is 24.9. The molecule has 0 fully saturated rings. The van der Waals surface area contributed by atoms with E-state index in [1.165, 1.54) is 89.9 Å². The van der Waals surface area contributed by atoms with Crippen molar-refractivity contribution in [2.24, 2.45) is 0 Å². The first-order valence-electron chi connectivity index (χ1n) is 16.1. The van der Waals surface area contributed by atoms with E-state index in [4.69, 9.17) is 0 Å². The van der Waals surface area contributed by atoms with Crippen LogP contribution in [-0.2, 0) is 4.79 Å². The zero-order valence-corrected chi connectivity index (χ0v) is 24.9. The molecule has 0 rings (SSSR count). The second-order valence-electron chi connectivity index (χ2n) is 11.2. The van der Waals surface area contributed by atoms with Crippen molar-refractivity contribution in [1.29, 1.82) is 0 Å². The van der Waals surface area contributed by atoms with Gasteiger partial charge in [0.25, 0.3) is 0 Å². The Hall–Kier alpha value is -0.950. The van der Waals surface area contributed by atoms with Crippen molar-refractivity contribution in [2.45, 2.75) is 179 Å². The lowest BCUT2D eigenvalue weighted by Crippen LogP contribution is -2.53. The Bertz CT molecular complexity index is 542. The molecular formula is C32H63NO5. The molecule has 0 bridgehead atoms. The molecule has 5 N–H and O–H groups in total. The Labute approximate surface area is 234 Å². The number of hydrogen-bond donors (Lipinski definition) is 5. The maximum atomic E-state index is 12.3. The number of rotatable bonds is 28. The summed E-state index contributed by atoms with van der Waals surface area (Å²) < 4.78 is 0. The van der Waals surface area contributed by atoms with Crippen molar-refractivity contribution < 1.29 is 25.2 Å². The van der Waals surface area contributed by atoms with Gasteiger partial charge in [0.05, 0.1) is 18.8 Å². The van der Waals surface area contributed by atoms with Crippen LogP contribution in [0.5, 0.6) is 0 Å². The standard InChI is InChI=1S/C32H63NO5/c1-3-5-7-9-11-13-14-15-16-17-18-20-21-23-25-29(35)31(37)28(27-34)33-32(38)30(36)26-24-22-19-12-10-8-6-4-2/h19,22,28-31,34-37H,3-18,20-21,23-27H2,1-2H3,(H,33,38)/b22-19-. The van der Waals surface area contributed by atoms with Crippen LogP contribution in [0.3, 0.4) is 0 Å². The van der Waals surface area contributed by atoms with Gasteiger partial charge in [0.15, 0.2) is 0 Å². The molecule has 6 nitrogen and oxygen atoms in total. The number of carbonyl (C=O) groups is 1. The summed E-state index contributed by atoms with van der Waals surface area (Å²) in [5.41, 5.74) is 0. The van der Waals surface area contributed by atoms with Crippen LogP contribution in [0.2, 0.25) is 0 Å². The Morgan fingerprint density at radius 1 is 0.632 bits per heavy atom. The zero-order chi connectivity index (χ0) is 28.3. The molecule has 6 heteroatoms. The van der Waals surface area contributed by atoms with Gasteiger partial charge in [-0.15, -0.1) is 0 Å². The second-order valence-corrected chi connectivity index (χ2v) is 11.2. The van der Waals surface area contributed by atoms with Gasteiger partial charge in [0.2, 0.25) is 5.91 Å². The topological polar surface area (TPSA) is 110 Å². The molecular weight excluding hydrogens is 478 g/mol. The van der Waals surface area contributed by atoms with Gasteiger partial charge in [0, 0.05) is 0 Å². The van der Waals surface area contributed by atoms with Gasteiger partial charge >= 0.3 is 0 Å². The van der Waals surface area contributed by atoms with Gasteiger partial charge in [-0.25, -0.2) is 0 Å². The van der Waals surface area contributed by atoms with Gasteiger partial charge in [-0.3, -0.25) is 4.79 Å². The number of hydrogen-bond acceptors (Lipinski definition) is 5. The lowest BCUT2D eigenvalue weighted by Gasteiger charge is -2.27. The van der Waals surface area contributed by atoms with E-state index in [1.54, 1.807) is 0 Å². The van der Waals surface area contributed by atoms with Crippen molar-refractivity contribution in [1.82, 2.24) is 5.32 Å². The maximum Gasteiger partial charge on any atom is 0.249 e. The van der Waals surface area contributed by atoms with E-state index in [0.717, 1.165) is 32.1 Å². The fourth-order valence-corrected chi connectivity index (χ4v) is 4.81. The van der Waals surface area contributed by atoms with E-state index in [9.17, 15) is 25.2 Å². The van der Waals surface area contributed by atoms with Crippen LogP contribution in [0.25, 0.3) is 0 Å². The van der Waals surface area contributed by atoms with E-state index in [-0.39, 0.29) is 6.42 Å². The Balaban J connectivity index is 3.89. The quantitative estimate of drug-likeness (QED) is 0.0557. The summed E-state index contributed by atoms with van der Waals surface area (Å²) in [6.07, 6.45) is 25.3. The SMILES string of the molecule is CCCCCC/C=C\CCC(O)C(=O)NC(CO)C(O)C(O)CCCCCCCCCCCCCCCC. The van der Waals surface area contributed by atoms with Crippen molar-refractivity contribution in [3.05, 3.63) is 12.2 Å². The monoisotopic (exact) mass is 541 g/mol. The summed E-state index contributed by atoms with van der Waals surface area (Å²) in [4.78, 5) is 12.3. The third kappa shape index (κ3) is 21.9. The van der Waals surface area contributed by atoms with Gasteiger partial charge < -0.3 is 25.7 Å². The molecule has 0 aromatic heterocycles. The van der Waals surface area contributed by atoms with Crippen molar-refractivity contribution in [2.75, 3.05) is 6.61 Å². The summed E-state index contributed by atoms with van der Waals surface area (Å²) >= 11 is 0. The fraction of sp³-hybridized carbons (Fsp3) is 0.906. The molecule has 0 radical (unpaired) electrons. The second kappa shape index (κ2) is 27.6. The molecule has 0 aliphatic rings. The first-order valence-corrected chi connectivity index (χ1v) is 16.1.